The zero-order valence-electron chi connectivity index (χ0n) is 11.4. The third-order valence-electron chi connectivity index (χ3n) is 3.48. The third kappa shape index (κ3) is 3.67. The number of aromatic nitrogens is 1. The summed E-state index contributed by atoms with van der Waals surface area (Å²) in [4.78, 5) is 8.18. The first-order chi connectivity index (χ1) is 8.69. The number of nitrogens with zero attached hydrogens (tertiary/aromatic N) is 2. The fourth-order valence-electron chi connectivity index (χ4n) is 2.73. The van der Waals surface area contributed by atoms with E-state index >= 15 is 0 Å². The lowest BCUT2D eigenvalue weighted by Crippen LogP contribution is -2.35. The molecule has 5 heteroatoms. The Morgan fingerprint density at radius 2 is 2.22 bits per heavy atom. The van der Waals surface area contributed by atoms with Crippen molar-refractivity contribution in [2.24, 2.45) is 11.8 Å². The van der Waals surface area contributed by atoms with Crippen LogP contribution in [0.25, 0.3) is 0 Å². The molecular weight excluding hydrogens is 244 g/mol. The standard InChI is InChI=1S/C13H24N4S/c1-10(2)8-17(11-5-3-4-6-11)9-12-7-15-13(16-14)18-12/h7,10-11H,3-6,8-9,14H2,1-2H3,(H,15,16). The van der Waals surface area contributed by atoms with Gasteiger partial charge in [0, 0.05) is 30.2 Å². The van der Waals surface area contributed by atoms with Gasteiger partial charge in [-0.05, 0) is 18.8 Å². The Labute approximate surface area is 114 Å². The minimum Gasteiger partial charge on any atom is -0.300 e. The van der Waals surface area contributed by atoms with Crippen LogP contribution in [0.2, 0.25) is 0 Å². The summed E-state index contributed by atoms with van der Waals surface area (Å²) < 4.78 is 0. The predicted octanol–water partition coefficient (Wildman–Crippen LogP) is 2.83. The Kier molecular flexibility index (Phi) is 4.97. The highest BCUT2D eigenvalue weighted by atomic mass is 32.1. The molecular formula is C13H24N4S. The van der Waals surface area contributed by atoms with Crippen molar-refractivity contribution in [1.82, 2.24) is 9.88 Å². The van der Waals surface area contributed by atoms with Crippen molar-refractivity contribution in [2.45, 2.75) is 52.1 Å². The first kappa shape index (κ1) is 13.8. The average molecular weight is 268 g/mol. The van der Waals surface area contributed by atoms with Crippen LogP contribution in [0.1, 0.15) is 44.4 Å². The fraction of sp³-hybridized carbons (Fsp3) is 0.769. The van der Waals surface area contributed by atoms with Crippen LogP contribution >= 0.6 is 11.3 Å². The van der Waals surface area contributed by atoms with Gasteiger partial charge in [-0.25, -0.2) is 10.8 Å². The second-order valence-corrected chi connectivity index (χ2v) is 6.65. The van der Waals surface area contributed by atoms with Gasteiger partial charge >= 0.3 is 0 Å². The summed E-state index contributed by atoms with van der Waals surface area (Å²) in [5, 5.41) is 0.806. The molecule has 1 fully saturated rings. The minimum absolute atomic E-state index is 0.714. The van der Waals surface area contributed by atoms with Gasteiger partial charge in [-0.1, -0.05) is 38.0 Å². The number of rotatable bonds is 6. The van der Waals surface area contributed by atoms with E-state index in [1.807, 2.05) is 6.20 Å². The molecule has 0 unspecified atom stereocenters. The van der Waals surface area contributed by atoms with Crippen LogP contribution in [-0.2, 0) is 6.54 Å². The Bertz CT molecular complexity index is 358. The van der Waals surface area contributed by atoms with Crippen LogP contribution in [0.5, 0.6) is 0 Å². The van der Waals surface area contributed by atoms with Crippen molar-refractivity contribution in [3.05, 3.63) is 11.1 Å². The van der Waals surface area contributed by atoms with E-state index in [0.717, 1.165) is 17.7 Å². The van der Waals surface area contributed by atoms with Gasteiger partial charge in [0.1, 0.15) is 0 Å². The molecule has 102 valence electrons. The molecule has 1 aromatic heterocycles. The Balaban J connectivity index is 1.99. The van der Waals surface area contributed by atoms with Crippen LogP contribution in [0.4, 0.5) is 5.13 Å². The summed E-state index contributed by atoms with van der Waals surface area (Å²) in [6, 6.07) is 0.767. The quantitative estimate of drug-likeness (QED) is 0.615. The van der Waals surface area contributed by atoms with Gasteiger partial charge in [0.25, 0.3) is 0 Å². The SMILES string of the molecule is CC(C)CN(Cc1cnc(NN)s1)C1CCCC1. The maximum absolute atomic E-state index is 5.38. The minimum atomic E-state index is 0.714. The molecule has 0 amide bonds. The lowest BCUT2D eigenvalue weighted by Gasteiger charge is -2.29. The molecule has 0 radical (unpaired) electrons. The molecule has 0 bridgehead atoms. The zero-order chi connectivity index (χ0) is 13.0. The van der Waals surface area contributed by atoms with Crippen LogP contribution < -0.4 is 11.3 Å². The second-order valence-electron chi connectivity index (χ2n) is 5.54. The van der Waals surface area contributed by atoms with Gasteiger partial charge in [0.05, 0.1) is 0 Å². The number of anilines is 1. The van der Waals surface area contributed by atoms with Gasteiger partial charge in [-0.2, -0.15) is 0 Å². The molecule has 3 N–H and O–H groups in total. The number of hydrazine groups is 1. The molecule has 1 aliphatic rings. The fourth-order valence-corrected chi connectivity index (χ4v) is 3.48. The predicted molar refractivity (Wildman–Crippen MR) is 77.4 cm³/mol. The number of nitrogens with one attached hydrogen (secondary N) is 1. The van der Waals surface area contributed by atoms with Gasteiger partial charge in [0.2, 0.25) is 0 Å². The third-order valence-corrected chi connectivity index (χ3v) is 4.39. The molecule has 1 heterocycles. The number of nitrogens with two attached hydrogens (primary N) is 1. The monoisotopic (exact) mass is 268 g/mol. The summed E-state index contributed by atoms with van der Waals surface area (Å²) in [6.45, 7) is 6.78. The summed E-state index contributed by atoms with van der Waals surface area (Å²) in [5.74, 6) is 6.09. The topological polar surface area (TPSA) is 54.2 Å². The van der Waals surface area contributed by atoms with Gasteiger partial charge in [0.15, 0.2) is 5.13 Å². The van der Waals surface area contributed by atoms with Gasteiger partial charge in [-0.3, -0.25) is 10.3 Å². The molecule has 0 aliphatic heterocycles. The lowest BCUT2D eigenvalue weighted by atomic mass is 10.1. The second kappa shape index (κ2) is 6.50. The smallest absolute Gasteiger partial charge is 0.197 e. The van der Waals surface area contributed by atoms with Crippen molar-refractivity contribution in [3.8, 4) is 0 Å². The maximum atomic E-state index is 5.38. The summed E-state index contributed by atoms with van der Waals surface area (Å²) in [6.07, 6.45) is 7.43. The van der Waals surface area contributed by atoms with E-state index in [2.05, 4.69) is 29.2 Å². The van der Waals surface area contributed by atoms with Crippen molar-refractivity contribution < 1.29 is 0 Å². The van der Waals surface area contributed by atoms with E-state index in [1.165, 1.54) is 37.1 Å². The highest BCUT2D eigenvalue weighted by Crippen LogP contribution is 2.27. The molecule has 0 spiro atoms. The molecule has 0 atom stereocenters. The average Bonchev–Trinajstić information content (AvgIpc) is 2.98. The highest BCUT2D eigenvalue weighted by molar-refractivity contribution is 7.15. The summed E-state index contributed by atoms with van der Waals surface area (Å²) in [7, 11) is 0. The van der Waals surface area contributed by atoms with E-state index in [4.69, 9.17) is 5.84 Å². The molecule has 1 saturated carbocycles. The molecule has 2 rings (SSSR count). The van der Waals surface area contributed by atoms with Crippen molar-refractivity contribution >= 4 is 16.5 Å². The Morgan fingerprint density at radius 3 is 2.78 bits per heavy atom. The molecule has 4 nitrogen and oxygen atoms in total. The first-order valence-electron chi connectivity index (χ1n) is 6.84. The Morgan fingerprint density at radius 1 is 1.50 bits per heavy atom. The number of hydrogen-bond donors (Lipinski definition) is 2. The maximum Gasteiger partial charge on any atom is 0.197 e. The van der Waals surface area contributed by atoms with Crippen LogP contribution in [0, 0.1) is 5.92 Å². The Hall–Kier alpha value is -0.650. The zero-order valence-corrected chi connectivity index (χ0v) is 12.2. The molecule has 18 heavy (non-hydrogen) atoms. The van der Waals surface area contributed by atoms with Gasteiger partial charge in [-0.15, -0.1) is 0 Å². The largest absolute Gasteiger partial charge is 0.300 e. The normalized spacial score (nSPS) is 16.9. The van der Waals surface area contributed by atoms with Crippen LogP contribution in [0.3, 0.4) is 0 Å². The van der Waals surface area contributed by atoms with E-state index in [-0.39, 0.29) is 0 Å². The van der Waals surface area contributed by atoms with Crippen molar-refractivity contribution in [3.63, 3.8) is 0 Å². The summed E-state index contributed by atoms with van der Waals surface area (Å²) in [5.41, 5.74) is 2.62. The van der Waals surface area contributed by atoms with Gasteiger partial charge < -0.3 is 0 Å². The lowest BCUT2D eigenvalue weighted by molar-refractivity contribution is 0.170. The molecule has 0 aromatic carbocycles. The van der Waals surface area contributed by atoms with E-state index in [0.29, 0.717) is 5.92 Å². The van der Waals surface area contributed by atoms with Crippen LogP contribution in [-0.4, -0.2) is 22.5 Å². The van der Waals surface area contributed by atoms with Crippen LogP contribution in [0.15, 0.2) is 6.20 Å². The first-order valence-corrected chi connectivity index (χ1v) is 7.66. The van der Waals surface area contributed by atoms with E-state index in [9.17, 15) is 0 Å². The molecule has 0 saturated heterocycles. The number of thiazole rings is 1. The molecule has 1 aliphatic carbocycles. The number of nitrogen functional groups attached to an aromatic ring is 1. The highest BCUT2D eigenvalue weighted by Gasteiger charge is 2.23. The van der Waals surface area contributed by atoms with E-state index in [1.54, 1.807) is 11.3 Å². The molecule has 1 aromatic rings. The number of hydrogen-bond acceptors (Lipinski definition) is 5. The van der Waals surface area contributed by atoms with Crippen molar-refractivity contribution in [2.75, 3.05) is 12.0 Å². The van der Waals surface area contributed by atoms with E-state index < -0.39 is 0 Å². The van der Waals surface area contributed by atoms with Crippen molar-refractivity contribution in [1.29, 1.82) is 0 Å². The summed E-state index contributed by atoms with van der Waals surface area (Å²) >= 11 is 1.66.